The van der Waals surface area contributed by atoms with Gasteiger partial charge in [-0.15, -0.1) is 0 Å². The molecule has 0 saturated carbocycles. The largest absolute Gasteiger partial charge is 0.379 e. The molecule has 1 fully saturated rings. The van der Waals surface area contributed by atoms with Crippen LogP contribution in [0.25, 0.3) is 6.08 Å². The molecule has 2 aromatic carbocycles. The Balaban J connectivity index is 1.53. The number of morpholine rings is 1. The van der Waals surface area contributed by atoms with Gasteiger partial charge in [-0.1, -0.05) is 36.4 Å². The summed E-state index contributed by atoms with van der Waals surface area (Å²) in [6, 6.07) is 16.4. The van der Waals surface area contributed by atoms with E-state index in [0.717, 1.165) is 11.1 Å². The molecule has 158 valence electrons. The highest BCUT2D eigenvalue weighted by molar-refractivity contribution is 7.89. The molecule has 1 aliphatic heterocycles. The zero-order valence-electron chi connectivity index (χ0n) is 16.6. The number of thiocarbonyl (C=S) groups is 1. The van der Waals surface area contributed by atoms with E-state index in [9.17, 15) is 8.42 Å². The van der Waals surface area contributed by atoms with Crippen LogP contribution < -0.4 is 10.7 Å². The molecule has 0 unspecified atom stereocenters. The van der Waals surface area contributed by atoms with Crippen molar-refractivity contribution in [2.45, 2.75) is 11.8 Å². The van der Waals surface area contributed by atoms with Crippen molar-refractivity contribution < 1.29 is 13.2 Å². The summed E-state index contributed by atoms with van der Waals surface area (Å²) in [6.07, 6.45) is 3.69. The number of hydrogen-bond acceptors (Lipinski definition) is 5. The van der Waals surface area contributed by atoms with Gasteiger partial charge < -0.3 is 10.1 Å². The van der Waals surface area contributed by atoms with E-state index in [0.29, 0.717) is 37.1 Å². The number of anilines is 1. The molecule has 1 aliphatic rings. The van der Waals surface area contributed by atoms with Gasteiger partial charge in [-0.2, -0.15) is 9.41 Å². The third kappa shape index (κ3) is 6.20. The van der Waals surface area contributed by atoms with Gasteiger partial charge in [0.25, 0.3) is 0 Å². The van der Waals surface area contributed by atoms with Crippen molar-refractivity contribution in [3.05, 3.63) is 65.7 Å². The third-order valence-corrected chi connectivity index (χ3v) is 6.45. The van der Waals surface area contributed by atoms with Crippen LogP contribution in [-0.2, 0) is 14.8 Å². The maximum atomic E-state index is 12.6. The summed E-state index contributed by atoms with van der Waals surface area (Å²) in [5.41, 5.74) is 5.48. The summed E-state index contributed by atoms with van der Waals surface area (Å²) in [4.78, 5) is 0.244. The van der Waals surface area contributed by atoms with Crippen molar-refractivity contribution >= 4 is 45.3 Å². The number of ether oxygens (including phenoxy) is 1. The third-order valence-electron chi connectivity index (χ3n) is 4.35. The van der Waals surface area contributed by atoms with Crippen LogP contribution in [0, 0.1) is 0 Å². The number of benzene rings is 2. The van der Waals surface area contributed by atoms with Crippen molar-refractivity contribution in [3.63, 3.8) is 0 Å². The Kier molecular flexibility index (Phi) is 7.69. The SMILES string of the molecule is CC(/C=N/NC(=S)Nc1ccc(S(=O)(=O)N2CCOCC2)cc1)=C\c1ccccc1. The Bertz CT molecular complexity index is 1010. The average Bonchev–Trinajstić information content (AvgIpc) is 2.75. The lowest BCUT2D eigenvalue weighted by molar-refractivity contribution is 0.0730. The Hall–Kier alpha value is -2.59. The Labute approximate surface area is 182 Å². The maximum absolute atomic E-state index is 12.6. The van der Waals surface area contributed by atoms with E-state index in [1.807, 2.05) is 43.3 Å². The number of sulfonamides is 1. The van der Waals surface area contributed by atoms with E-state index >= 15 is 0 Å². The fourth-order valence-electron chi connectivity index (χ4n) is 2.85. The molecular formula is C21H24N4O3S2. The lowest BCUT2D eigenvalue weighted by atomic mass is 10.1. The lowest BCUT2D eigenvalue weighted by Gasteiger charge is -2.26. The van der Waals surface area contributed by atoms with Gasteiger partial charge in [-0.3, -0.25) is 5.43 Å². The van der Waals surface area contributed by atoms with Crippen molar-refractivity contribution in [1.29, 1.82) is 0 Å². The number of nitrogens with one attached hydrogen (secondary N) is 2. The predicted molar refractivity (Wildman–Crippen MR) is 124 cm³/mol. The van der Waals surface area contributed by atoms with Gasteiger partial charge in [-0.05, 0) is 54.5 Å². The van der Waals surface area contributed by atoms with Gasteiger partial charge in [-0.25, -0.2) is 8.42 Å². The van der Waals surface area contributed by atoms with Crippen LogP contribution in [0.15, 0.2) is 70.2 Å². The maximum Gasteiger partial charge on any atom is 0.243 e. The average molecular weight is 445 g/mol. The molecule has 2 aromatic rings. The normalized spacial score (nSPS) is 15.8. The molecule has 3 rings (SSSR count). The second-order valence-corrected chi connectivity index (χ2v) is 9.01. The number of hydrogen-bond donors (Lipinski definition) is 2. The van der Waals surface area contributed by atoms with Crippen LogP contribution in [0.2, 0.25) is 0 Å². The van der Waals surface area contributed by atoms with Crippen LogP contribution in [0.3, 0.4) is 0 Å². The van der Waals surface area contributed by atoms with Gasteiger partial charge in [0.2, 0.25) is 10.0 Å². The van der Waals surface area contributed by atoms with Gasteiger partial charge in [0, 0.05) is 18.8 Å². The van der Waals surface area contributed by atoms with Crippen LogP contribution >= 0.6 is 12.2 Å². The van der Waals surface area contributed by atoms with E-state index in [1.165, 1.54) is 4.31 Å². The monoisotopic (exact) mass is 444 g/mol. The minimum atomic E-state index is -3.51. The van der Waals surface area contributed by atoms with Crippen molar-refractivity contribution in [2.24, 2.45) is 5.10 Å². The van der Waals surface area contributed by atoms with Gasteiger partial charge in [0.1, 0.15) is 0 Å². The summed E-state index contributed by atoms with van der Waals surface area (Å²) in [5.74, 6) is 0. The first-order valence-corrected chi connectivity index (χ1v) is 11.3. The summed E-state index contributed by atoms with van der Waals surface area (Å²) in [6.45, 7) is 3.51. The molecule has 0 spiro atoms. The highest BCUT2D eigenvalue weighted by Crippen LogP contribution is 2.19. The molecule has 0 bridgehead atoms. The smallest absolute Gasteiger partial charge is 0.243 e. The van der Waals surface area contributed by atoms with Gasteiger partial charge in [0.15, 0.2) is 5.11 Å². The summed E-state index contributed by atoms with van der Waals surface area (Å²) >= 11 is 5.23. The summed E-state index contributed by atoms with van der Waals surface area (Å²) < 4.78 is 31.9. The Morgan fingerprint density at radius 3 is 2.43 bits per heavy atom. The standard InChI is InChI=1S/C21H24N4O3S2/c1-17(15-18-5-3-2-4-6-18)16-22-24-21(29)23-19-7-9-20(10-8-19)30(26,27)25-11-13-28-14-12-25/h2-10,15-16H,11-14H2,1H3,(H2,23,24,29)/b17-15+,22-16+. The van der Waals surface area contributed by atoms with Crippen LogP contribution in [0.1, 0.15) is 12.5 Å². The van der Waals surface area contributed by atoms with E-state index in [-0.39, 0.29) is 4.90 Å². The van der Waals surface area contributed by atoms with E-state index in [2.05, 4.69) is 15.8 Å². The fourth-order valence-corrected chi connectivity index (χ4v) is 4.43. The fraction of sp³-hybridized carbons (Fsp3) is 0.238. The lowest BCUT2D eigenvalue weighted by Crippen LogP contribution is -2.40. The molecule has 1 heterocycles. The number of rotatable bonds is 6. The zero-order chi connectivity index (χ0) is 21.4. The second-order valence-electron chi connectivity index (χ2n) is 6.66. The highest BCUT2D eigenvalue weighted by Gasteiger charge is 2.26. The van der Waals surface area contributed by atoms with Crippen molar-refractivity contribution in [3.8, 4) is 0 Å². The van der Waals surface area contributed by atoms with Gasteiger partial charge in [0.05, 0.1) is 24.3 Å². The quantitative estimate of drug-likeness (QED) is 0.405. The van der Waals surface area contributed by atoms with Crippen LogP contribution in [-0.4, -0.2) is 50.4 Å². The second kappa shape index (κ2) is 10.4. The first-order chi connectivity index (χ1) is 14.4. The summed E-state index contributed by atoms with van der Waals surface area (Å²) in [7, 11) is -3.51. The topological polar surface area (TPSA) is 83.0 Å². The van der Waals surface area contributed by atoms with E-state index in [1.54, 1.807) is 30.5 Å². The van der Waals surface area contributed by atoms with E-state index in [4.69, 9.17) is 17.0 Å². The molecule has 0 aromatic heterocycles. The van der Waals surface area contributed by atoms with Crippen LogP contribution in [0.4, 0.5) is 5.69 Å². The molecule has 7 nitrogen and oxygen atoms in total. The summed E-state index contributed by atoms with van der Waals surface area (Å²) in [5, 5.41) is 7.41. The molecule has 30 heavy (non-hydrogen) atoms. The van der Waals surface area contributed by atoms with Gasteiger partial charge >= 0.3 is 0 Å². The molecule has 2 N–H and O–H groups in total. The first-order valence-electron chi connectivity index (χ1n) is 9.46. The zero-order valence-corrected chi connectivity index (χ0v) is 18.2. The molecule has 0 aliphatic carbocycles. The number of allylic oxidation sites excluding steroid dienone is 1. The first kappa shape index (κ1) is 22.1. The number of nitrogens with zero attached hydrogens (tertiary/aromatic N) is 2. The van der Waals surface area contributed by atoms with Crippen molar-refractivity contribution in [1.82, 2.24) is 9.73 Å². The number of hydrazone groups is 1. The molecule has 1 saturated heterocycles. The molecule has 0 amide bonds. The Morgan fingerprint density at radius 2 is 1.77 bits per heavy atom. The molecule has 0 radical (unpaired) electrons. The van der Waals surface area contributed by atoms with Crippen molar-refractivity contribution in [2.75, 3.05) is 31.6 Å². The minimum absolute atomic E-state index is 0.244. The molecule has 0 atom stereocenters. The highest BCUT2D eigenvalue weighted by atomic mass is 32.2. The molecular weight excluding hydrogens is 420 g/mol. The molecule has 9 heteroatoms. The van der Waals surface area contributed by atoms with Crippen LogP contribution in [0.5, 0.6) is 0 Å². The van der Waals surface area contributed by atoms with E-state index < -0.39 is 10.0 Å². The minimum Gasteiger partial charge on any atom is -0.379 e. The Morgan fingerprint density at radius 1 is 1.10 bits per heavy atom. The predicted octanol–water partition coefficient (Wildman–Crippen LogP) is 3.08.